The number of hydrogen-bond donors (Lipinski definition) is 0. The maximum absolute atomic E-state index is 12.5. The summed E-state index contributed by atoms with van der Waals surface area (Å²) < 4.78 is 43.4. The zero-order valence-electron chi connectivity index (χ0n) is 8.91. The Bertz CT molecular complexity index is 557. The van der Waals surface area contributed by atoms with E-state index in [1.165, 1.54) is 6.07 Å². The molecule has 0 aliphatic rings. The molecule has 0 fully saturated rings. The van der Waals surface area contributed by atoms with Crippen molar-refractivity contribution >= 4 is 15.9 Å². The average molecular weight is 318 g/mol. The number of aromatic nitrogens is 1. The lowest BCUT2D eigenvalue weighted by Crippen LogP contribution is -2.07. The van der Waals surface area contributed by atoms with Crippen LogP contribution in [-0.2, 0) is 6.18 Å². The van der Waals surface area contributed by atoms with Gasteiger partial charge in [0, 0.05) is 12.3 Å². The van der Waals surface area contributed by atoms with Gasteiger partial charge in [0.05, 0.1) is 4.47 Å². The number of benzene rings is 1. The lowest BCUT2D eigenvalue weighted by atomic mass is 10.3. The Labute approximate surface area is 110 Å². The summed E-state index contributed by atoms with van der Waals surface area (Å²) in [6, 6.07) is 9.13. The monoisotopic (exact) mass is 317 g/mol. The van der Waals surface area contributed by atoms with Gasteiger partial charge in [-0.05, 0) is 34.1 Å². The van der Waals surface area contributed by atoms with Gasteiger partial charge in [0.1, 0.15) is 17.2 Å². The van der Waals surface area contributed by atoms with Crippen LogP contribution in [0.1, 0.15) is 5.69 Å². The van der Waals surface area contributed by atoms with Crippen molar-refractivity contribution in [2.45, 2.75) is 6.18 Å². The predicted octanol–water partition coefficient (Wildman–Crippen LogP) is 4.66. The summed E-state index contributed by atoms with van der Waals surface area (Å²) in [4.78, 5) is 3.26. The van der Waals surface area contributed by atoms with Crippen LogP contribution in [-0.4, -0.2) is 4.98 Å². The molecule has 18 heavy (non-hydrogen) atoms. The van der Waals surface area contributed by atoms with Crippen molar-refractivity contribution in [3.63, 3.8) is 0 Å². The Morgan fingerprint density at radius 2 is 1.83 bits per heavy atom. The van der Waals surface area contributed by atoms with Gasteiger partial charge in [0.2, 0.25) is 0 Å². The molecule has 1 aromatic carbocycles. The van der Waals surface area contributed by atoms with Crippen molar-refractivity contribution < 1.29 is 17.9 Å². The number of halogens is 4. The molecule has 94 valence electrons. The van der Waals surface area contributed by atoms with E-state index in [-0.39, 0.29) is 5.75 Å². The van der Waals surface area contributed by atoms with Gasteiger partial charge in [0.15, 0.2) is 0 Å². The first-order valence-corrected chi connectivity index (χ1v) is 5.72. The van der Waals surface area contributed by atoms with E-state index in [1.54, 1.807) is 24.3 Å². The molecule has 0 aliphatic heterocycles. The van der Waals surface area contributed by atoms with Crippen molar-refractivity contribution in [3.8, 4) is 11.5 Å². The zero-order valence-corrected chi connectivity index (χ0v) is 10.5. The highest BCUT2D eigenvalue weighted by Gasteiger charge is 2.32. The first-order chi connectivity index (χ1) is 8.47. The van der Waals surface area contributed by atoms with Crippen LogP contribution in [0.25, 0.3) is 0 Å². The molecule has 0 aliphatic carbocycles. The first kappa shape index (κ1) is 12.9. The molecule has 0 saturated heterocycles. The second-order valence-corrected chi connectivity index (χ2v) is 4.26. The van der Waals surface area contributed by atoms with E-state index in [0.29, 0.717) is 10.2 Å². The fourth-order valence-corrected chi connectivity index (χ4v) is 1.65. The number of alkyl halides is 3. The molecule has 1 heterocycles. The number of rotatable bonds is 2. The summed E-state index contributed by atoms with van der Waals surface area (Å²) in [5, 5.41) is 0. The Balaban J connectivity index is 2.28. The SMILES string of the molecule is FC(F)(F)c1cc(Oc2ccccc2Br)ccn1. The van der Waals surface area contributed by atoms with E-state index in [4.69, 9.17) is 4.74 Å². The molecule has 0 saturated carbocycles. The molecule has 2 nitrogen and oxygen atoms in total. The van der Waals surface area contributed by atoms with E-state index in [9.17, 15) is 13.2 Å². The van der Waals surface area contributed by atoms with Gasteiger partial charge in [-0.3, -0.25) is 4.98 Å². The number of para-hydroxylation sites is 1. The molecule has 2 rings (SSSR count). The molecule has 1 aromatic heterocycles. The third-order valence-electron chi connectivity index (χ3n) is 2.09. The van der Waals surface area contributed by atoms with Crippen LogP contribution in [0.3, 0.4) is 0 Å². The molecule has 0 radical (unpaired) electrons. The summed E-state index contributed by atoms with van der Waals surface area (Å²) in [5.41, 5.74) is -0.980. The minimum absolute atomic E-state index is 0.0872. The van der Waals surface area contributed by atoms with Crippen LogP contribution in [0.5, 0.6) is 11.5 Å². The zero-order chi connectivity index (χ0) is 13.2. The van der Waals surface area contributed by atoms with Crippen LogP contribution in [0, 0.1) is 0 Å². The van der Waals surface area contributed by atoms with E-state index < -0.39 is 11.9 Å². The van der Waals surface area contributed by atoms with Gasteiger partial charge >= 0.3 is 6.18 Å². The minimum atomic E-state index is -4.48. The number of nitrogens with zero attached hydrogens (tertiary/aromatic N) is 1. The van der Waals surface area contributed by atoms with E-state index in [0.717, 1.165) is 12.3 Å². The lowest BCUT2D eigenvalue weighted by molar-refractivity contribution is -0.141. The maximum Gasteiger partial charge on any atom is 0.433 e. The quantitative estimate of drug-likeness (QED) is 0.804. The number of hydrogen-bond acceptors (Lipinski definition) is 2. The molecule has 0 spiro atoms. The van der Waals surface area contributed by atoms with Crippen molar-refractivity contribution in [1.29, 1.82) is 0 Å². The summed E-state index contributed by atoms with van der Waals surface area (Å²) >= 11 is 3.25. The third kappa shape index (κ3) is 3.01. The van der Waals surface area contributed by atoms with Gasteiger partial charge in [-0.15, -0.1) is 0 Å². The lowest BCUT2D eigenvalue weighted by Gasteiger charge is -2.10. The van der Waals surface area contributed by atoms with Crippen molar-refractivity contribution in [1.82, 2.24) is 4.98 Å². The summed E-state index contributed by atoms with van der Waals surface area (Å²) in [5.74, 6) is 0.529. The molecule has 0 amide bonds. The molecule has 0 bridgehead atoms. The van der Waals surface area contributed by atoms with Crippen LogP contribution in [0.2, 0.25) is 0 Å². The highest BCUT2D eigenvalue weighted by atomic mass is 79.9. The number of ether oxygens (including phenoxy) is 1. The smallest absolute Gasteiger partial charge is 0.433 e. The van der Waals surface area contributed by atoms with Crippen LogP contribution in [0.15, 0.2) is 47.1 Å². The van der Waals surface area contributed by atoms with Crippen molar-refractivity contribution in [2.75, 3.05) is 0 Å². The highest BCUT2D eigenvalue weighted by Crippen LogP contribution is 2.33. The van der Waals surface area contributed by atoms with Crippen LogP contribution >= 0.6 is 15.9 Å². The van der Waals surface area contributed by atoms with Gasteiger partial charge in [-0.25, -0.2) is 0 Å². The van der Waals surface area contributed by atoms with Gasteiger partial charge in [-0.2, -0.15) is 13.2 Å². The van der Waals surface area contributed by atoms with E-state index in [2.05, 4.69) is 20.9 Å². The summed E-state index contributed by atoms with van der Waals surface area (Å²) in [6.07, 6.45) is -3.41. The van der Waals surface area contributed by atoms with Crippen molar-refractivity contribution in [3.05, 3.63) is 52.8 Å². The maximum atomic E-state index is 12.5. The summed E-state index contributed by atoms with van der Waals surface area (Å²) in [7, 11) is 0. The molecule has 2 aromatic rings. The Morgan fingerprint density at radius 1 is 1.11 bits per heavy atom. The van der Waals surface area contributed by atoms with E-state index in [1.807, 2.05) is 0 Å². The molecule has 6 heteroatoms. The van der Waals surface area contributed by atoms with Crippen molar-refractivity contribution in [2.24, 2.45) is 0 Å². The Morgan fingerprint density at radius 3 is 2.50 bits per heavy atom. The standard InChI is InChI=1S/C12H7BrF3NO/c13-9-3-1-2-4-10(9)18-8-5-6-17-11(7-8)12(14,15)16/h1-7H. The van der Waals surface area contributed by atoms with E-state index >= 15 is 0 Å². The van der Waals surface area contributed by atoms with Gasteiger partial charge in [0.25, 0.3) is 0 Å². The highest BCUT2D eigenvalue weighted by molar-refractivity contribution is 9.10. The molecule has 0 N–H and O–H groups in total. The number of pyridine rings is 1. The van der Waals surface area contributed by atoms with Gasteiger partial charge in [-0.1, -0.05) is 12.1 Å². The fraction of sp³-hybridized carbons (Fsp3) is 0.0833. The topological polar surface area (TPSA) is 22.1 Å². The van der Waals surface area contributed by atoms with Gasteiger partial charge < -0.3 is 4.74 Å². The fourth-order valence-electron chi connectivity index (χ4n) is 1.28. The molecular formula is C12H7BrF3NO. The second-order valence-electron chi connectivity index (χ2n) is 3.41. The molecule has 0 unspecified atom stereocenters. The third-order valence-corrected chi connectivity index (χ3v) is 2.74. The normalized spacial score (nSPS) is 11.3. The van der Waals surface area contributed by atoms with Crippen LogP contribution < -0.4 is 4.74 Å². The molecule has 0 atom stereocenters. The molecular weight excluding hydrogens is 311 g/mol. The largest absolute Gasteiger partial charge is 0.456 e. The predicted molar refractivity (Wildman–Crippen MR) is 63.5 cm³/mol. The van der Waals surface area contributed by atoms with Crippen LogP contribution in [0.4, 0.5) is 13.2 Å². The average Bonchev–Trinajstić information content (AvgIpc) is 2.31. The second kappa shape index (κ2) is 4.97. The first-order valence-electron chi connectivity index (χ1n) is 4.92. The minimum Gasteiger partial charge on any atom is -0.456 e. The Kier molecular flexibility index (Phi) is 3.56. The Hall–Kier alpha value is -1.56. The summed E-state index contributed by atoms with van der Waals surface area (Å²) in [6.45, 7) is 0.